The highest BCUT2D eigenvalue weighted by molar-refractivity contribution is 5.86. The molecule has 0 aromatic heterocycles. The minimum absolute atomic E-state index is 0.452. The fourth-order valence-corrected chi connectivity index (χ4v) is 2.85. The van der Waals surface area contributed by atoms with E-state index in [0.717, 1.165) is 16.7 Å². The van der Waals surface area contributed by atoms with Gasteiger partial charge in [0, 0.05) is 0 Å². The van der Waals surface area contributed by atoms with Crippen LogP contribution in [0.3, 0.4) is 0 Å². The smallest absolute Gasteiger partial charge is 0.255 e. The second kappa shape index (κ2) is 9.36. The quantitative estimate of drug-likeness (QED) is 0.485. The molecule has 4 nitrogen and oxygen atoms in total. The first-order chi connectivity index (χ1) is 13.3. The summed E-state index contributed by atoms with van der Waals surface area (Å²) in [6.07, 6.45) is 3.96. The third-order valence-corrected chi connectivity index (χ3v) is 4.17. The molecule has 1 amide bonds. The van der Waals surface area contributed by atoms with Crippen molar-refractivity contribution < 1.29 is 14.7 Å². The van der Waals surface area contributed by atoms with Gasteiger partial charge in [-0.15, -0.1) is 0 Å². The van der Waals surface area contributed by atoms with Crippen molar-refractivity contribution >= 4 is 12.0 Å². The van der Waals surface area contributed by atoms with Crippen LogP contribution < -0.4 is 10.2 Å². The van der Waals surface area contributed by atoms with Crippen molar-refractivity contribution in [1.82, 2.24) is 5.48 Å². The van der Waals surface area contributed by atoms with Crippen molar-refractivity contribution in [2.24, 2.45) is 0 Å². The Kier molecular flexibility index (Phi) is 6.39. The lowest BCUT2D eigenvalue weighted by atomic mass is 9.91. The first kappa shape index (κ1) is 18.4. The number of carbonyl (C=O) groups excluding carboxylic acids is 1. The number of amides is 1. The van der Waals surface area contributed by atoms with Gasteiger partial charge >= 0.3 is 0 Å². The van der Waals surface area contributed by atoms with E-state index in [9.17, 15) is 4.79 Å². The lowest BCUT2D eigenvalue weighted by molar-refractivity contribution is -0.129. The Labute approximate surface area is 158 Å². The van der Waals surface area contributed by atoms with Gasteiger partial charge in [-0.1, -0.05) is 78.9 Å². The van der Waals surface area contributed by atoms with Gasteiger partial charge in [-0.25, -0.2) is 5.48 Å². The van der Waals surface area contributed by atoms with Crippen LogP contribution >= 0.6 is 0 Å². The fourth-order valence-electron chi connectivity index (χ4n) is 2.85. The maximum absolute atomic E-state index is 12.1. The van der Waals surface area contributed by atoms with E-state index in [1.54, 1.807) is 5.48 Å². The van der Waals surface area contributed by atoms with Gasteiger partial charge in [0.25, 0.3) is 5.91 Å². The zero-order valence-electron chi connectivity index (χ0n) is 14.8. The number of hydrogen-bond acceptors (Lipinski definition) is 3. The summed E-state index contributed by atoms with van der Waals surface area (Å²) in [6.45, 7) is 0.452. The van der Waals surface area contributed by atoms with Crippen LogP contribution in [0.4, 0.5) is 0 Å². The molecule has 136 valence electrons. The van der Waals surface area contributed by atoms with Crippen LogP contribution in [0.2, 0.25) is 0 Å². The van der Waals surface area contributed by atoms with Gasteiger partial charge in [0.15, 0.2) is 0 Å². The van der Waals surface area contributed by atoms with Crippen molar-refractivity contribution in [3.8, 4) is 5.75 Å². The van der Waals surface area contributed by atoms with E-state index in [4.69, 9.17) is 9.94 Å². The molecule has 0 spiro atoms. The average Bonchev–Trinajstić information content (AvgIpc) is 2.74. The van der Waals surface area contributed by atoms with E-state index in [1.165, 1.54) is 0 Å². The van der Waals surface area contributed by atoms with Gasteiger partial charge in [-0.3, -0.25) is 10.0 Å². The van der Waals surface area contributed by atoms with Crippen molar-refractivity contribution in [2.45, 2.75) is 5.92 Å². The number of carbonyl (C=O) groups is 1. The SMILES string of the molecule is O=C(NO)C(c1ccccc1)c1ccc(OCC=Cc2ccccc2)cc1. The summed E-state index contributed by atoms with van der Waals surface area (Å²) in [7, 11) is 0. The molecule has 1 unspecified atom stereocenters. The van der Waals surface area contributed by atoms with Crippen LogP contribution in [0, 0.1) is 0 Å². The lowest BCUT2D eigenvalue weighted by Gasteiger charge is -2.16. The predicted molar refractivity (Wildman–Crippen MR) is 106 cm³/mol. The van der Waals surface area contributed by atoms with Crippen LogP contribution in [0.5, 0.6) is 5.75 Å². The molecule has 0 saturated heterocycles. The molecule has 4 heteroatoms. The van der Waals surface area contributed by atoms with Gasteiger partial charge < -0.3 is 4.74 Å². The lowest BCUT2D eigenvalue weighted by Crippen LogP contribution is -2.27. The van der Waals surface area contributed by atoms with Gasteiger partial charge in [-0.05, 0) is 34.9 Å². The summed E-state index contributed by atoms with van der Waals surface area (Å²) in [4.78, 5) is 12.1. The maximum Gasteiger partial charge on any atom is 0.255 e. The number of rotatable bonds is 7. The van der Waals surface area contributed by atoms with E-state index >= 15 is 0 Å². The summed E-state index contributed by atoms with van der Waals surface area (Å²) in [5.74, 6) is -0.337. The molecule has 3 aromatic carbocycles. The van der Waals surface area contributed by atoms with Crippen molar-refractivity contribution in [3.63, 3.8) is 0 Å². The largest absolute Gasteiger partial charge is 0.490 e. The number of ether oxygens (including phenoxy) is 1. The summed E-state index contributed by atoms with van der Waals surface area (Å²) in [6, 6.07) is 26.7. The first-order valence-electron chi connectivity index (χ1n) is 8.71. The molecule has 1 atom stereocenters. The molecule has 0 aliphatic rings. The highest BCUT2D eigenvalue weighted by atomic mass is 16.5. The first-order valence-corrected chi connectivity index (χ1v) is 8.71. The molecule has 3 aromatic rings. The third kappa shape index (κ3) is 5.06. The topological polar surface area (TPSA) is 58.6 Å². The molecule has 27 heavy (non-hydrogen) atoms. The van der Waals surface area contributed by atoms with Gasteiger partial charge in [-0.2, -0.15) is 0 Å². The van der Waals surface area contributed by atoms with E-state index in [0.29, 0.717) is 12.4 Å². The Bertz CT molecular complexity index is 875. The van der Waals surface area contributed by atoms with Crippen LogP contribution in [0.15, 0.2) is 91.0 Å². The molecule has 0 radical (unpaired) electrons. The molecule has 0 bridgehead atoms. The number of hydrogen-bond donors (Lipinski definition) is 2. The molecular formula is C23H21NO3. The molecule has 0 fully saturated rings. The molecule has 3 rings (SSSR count). The van der Waals surface area contributed by atoms with Crippen LogP contribution in [-0.4, -0.2) is 17.7 Å². The summed E-state index contributed by atoms with van der Waals surface area (Å²) < 4.78 is 5.72. The Balaban J connectivity index is 1.66. The number of nitrogens with one attached hydrogen (secondary N) is 1. The van der Waals surface area contributed by atoms with Crippen LogP contribution in [-0.2, 0) is 4.79 Å². The Morgan fingerprint density at radius 1 is 0.889 bits per heavy atom. The predicted octanol–water partition coefficient (Wildman–Crippen LogP) is 4.42. The summed E-state index contributed by atoms with van der Waals surface area (Å²) >= 11 is 0. The third-order valence-electron chi connectivity index (χ3n) is 4.17. The highest BCUT2D eigenvalue weighted by Crippen LogP contribution is 2.26. The minimum atomic E-state index is -0.580. The fraction of sp³-hybridized carbons (Fsp3) is 0.0870. The second-order valence-electron chi connectivity index (χ2n) is 6.01. The number of hydroxylamine groups is 1. The monoisotopic (exact) mass is 359 g/mol. The molecule has 0 saturated carbocycles. The van der Waals surface area contributed by atoms with E-state index < -0.39 is 11.8 Å². The standard InChI is InChI=1S/C23H21NO3/c25-23(24-26)22(19-11-5-2-6-12-19)20-13-15-21(16-14-20)27-17-7-10-18-8-3-1-4-9-18/h1-16,22,26H,17H2,(H,24,25). The summed E-state index contributed by atoms with van der Waals surface area (Å²) in [5.41, 5.74) is 4.46. The normalized spacial score (nSPS) is 11.9. The molecule has 0 aliphatic heterocycles. The van der Waals surface area contributed by atoms with Gasteiger partial charge in [0.2, 0.25) is 0 Å². The van der Waals surface area contributed by atoms with Gasteiger partial charge in [0.05, 0.1) is 5.92 Å². The Morgan fingerprint density at radius 2 is 1.48 bits per heavy atom. The zero-order valence-corrected chi connectivity index (χ0v) is 14.8. The van der Waals surface area contributed by atoms with E-state index in [-0.39, 0.29) is 0 Å². The number of benzene rings is 3. The maximum atomic E-state index is 12.1. The minimum Gasteiger partial charge on any atom is -0.490 e. The van der Waals surface area contributed by atoms with E-state index in [1.807, 2.05) is 97.1 Å². The van der Waals surface area contributed by atoms with Crippen LogP contribution in [0.1, 0.15) is 22.6 Å². The second-order valence-corrected chi connectivity index (χ2v) is 6.01. The molecule has 0 heterocycles. The zero-order chi connectivity index (χ0) is 18.9. The Hall–Kier alpha value is -3.37. The van der Waals surface area contributed by atoms with Crippen molar-refractivity contribution in [1.29, 1.82) is 0 Å². The van der Waals surface area contributed by atoms with Crippen molar-refractivity contribution in [3.05, 3.63) is 108 Å². The van der Waals surface area contributed by atoms with Crippen LogP contribution in [0.25, 0.3) is 6.08 Å². The van der Waals surface area contributed by atoms with E-state index in [2.05, 4.69) is 0 Å². The van der Waals surface area contributed by atoms with Crippen molar-refractivity contribution in [2.75, 3.05) is 6.61 Å². The van der Waals surface area contributed by atoms with Gasteiger partial charge in [0.1, 0.15) is 12.4 Å². The molecule has 2 N–H and O–H groups in total. The highest BCUT2D eigenvalue weighted by Gasteiger charge is 2.22. The molecule has 0 aliphatic carbocycles. The molecular weight excluding hydrogens is 338 g/mol. The average molecular weight is 359 g/mol. The Morgan fingerprint density at radius 3 is 2.11 bits per heavy atom. The summed E-state index contributed by atoms with van der Waals surface area (Å²) in [5, 5.41) is 9.09.